The average molecular weight is 551 g/mol. The normalized spacial score (nSPS) is 11.7. The van der Waals surface area contributed by atoms with Gasteiger partial charge in [-0.05, 0) is 72.1 Å². The molecule has 202 valence electrons. The Labute approximate surface area is 248 Å². The largest absolute Gasteiger partial charge is 0.311 e. The molecule has 0 atom stereocenters. The number of nitrogens with zero attached hydrogens (tertiary/aromatic N) is 4. The third kappa shape index (κ3) is 3.53. The van der Waals surface area contributed by atoms with Crippen LogP contribution in [0.1, 0.15) is 0 Å². The standard InChI is InChI=1S/C39H26N4/c1-3-11-28(12-4-1)41(29-13-5-2-6-14-29)30-19-21-31(22-20-30)42-35-24-25-40-26-37(35)43-34-16-8-7-15-32(34)33-23-18-27-10-9-17-36(42)38(27)39(33)43/h1-26H. The number of fused-ring (bicyclic) bond motifs is 5. The lowest BCUT2D eigenvalue weighted by Gasteiger charge is -2.25. The van der Waals surface area contributed by atoms with Crippen molar-refractivity contribution in [2.45, 2.75) is 0 Å². The maximum Gasteiger partial charge on any atom is 0.0888 e. The molecule has 9 rings (SSSR count). The van der Waals surface area contributed by atoms with Crippen molar-refractivity contribution in [3.63, 3.8) is 0 Å². The number of para-hydroxylation sites is 3. The van der Waals surface area contributed by atoms with Crippen molar-refractivity contribution in [3.8, 4) is 5.69 Å². The molecular weight excluding hydrogens is 524 g/mol. The minimum Gasteiger partial charge on any atom is -0.311 e. The van der Waals surface area contributed by atoms with E-state index in [1.54, 1.807) is 0 Å². The van der Waals surface area contributed by atoms with Crippen molar-refractivity contribution < 1.29 is 0 Å². The highest BCUT2D eigenvalue weighted by Crippen LogP contribution is 2.40. The van der Waals surface area contributed by atoms with Gasteiger partial charge in [0.05, 0.1) is 33.8 Å². The van der Waals surface area contributed by atoms with Crippen LogP contribution in [0.3, 0.4) is 0 Å². The summed E-state index contributed by atoms with van der Waals surface area (Å²) in [5, 5.41) is 4.97. The molecule has 0 saturated heterocycles. The summed E-state index contributed by atoms with van der Waals surface area (Å²) in [4.78, 5) is 6.91. The Bertz CT molecular complexity index is 2380. The van der Waals surface area contributed by atoms with Crippen LogP contribution < -0.4 is 4.90 Å². The molecule has 4 nitrogen and oxygen atoms in total. The van der Waals surface area contributed by atoms with Gasteiger partial charge in [0, 0.05) is 45.1 Å². The zero-order valence-electron chi connectivity index (χ0n) is 23.3. The van der Waals surface area contributed by atoms with E-state index < -0.39 is 0 Å². The Morgan fingerprint density at radius 1 is 0.465 bits per heavy atom. The lowest BCUT2D eigenvalue weighted by molar-refractivity contribution is 1.15. The van der Waals surface area contributed by atoms with E-state index in [0.717, 1.165) is 39.3 Å². The summed E-state index contributed by atoms with van der Waals surface area (Å²) < 4.78 is 4.79. The number of hydrogen-bond acceptors (Lipinski definition) is 2. The fourth-order valence-electron chi connectivity index (χ4n) is 6.74. The van der Waals surface area contributed by atoms with Crippen molar-refractivity contribution in [3.05, 3.63) is 158 Å². The predicted molar refractivity (Wildman–Crippen MR) is 179 cm³/mol. The molecule has 43 heavy (non-hydrogen) atoms. The second-order valence-electron chi connectivity index (χ2n) is 10.9. The van der Waals surface area contributed by atoms with Crippen LogP contribution in [0.4, 0.5) is 17.1 Å². The molecule has 0 bridgehead atoms. The summed E-state index contributed by atoms with van der Waals surface area (Å²) in [6.45, 7) is 0. The Kier molecular flexibility index (Phi) is 5.16. The minimum atomic E-state index is 1.07. The molecule has 3 heterocycles. The first kappa shape index (κ1) is 23.8. The number of pyridine rings is 1. The summed E-state index contributed by atoms with van der Waals surface area (Å²) in [7, 11) is 0. The van der Waals surface area contributed by atoms with Gasteiger partial charge in [0.1, 0.15) is 0 Å². The van der Waals surface area contributed by atoms with Gasteiger partial charge in [0.2, 0.25) is 0 Å². The monoisotopic (exact) mass is 550 g/mol. The molecule has 0 fully saturated rings. The molecule has 0 aliphatic heterocycles. The highest BCUT2D eigenvalue weighted by Gasteiger charge is 2.19. The van der Waals surface area contributed by atoms with Crippen molar-refractivity contribution in [2.75, 3.05) is 4.90 Å². The predicted octanol–water partition coefficient (Wildman–Crippen LogP) is 10.2. The Hall–Kier alpha value is -5.87. The molecule has 0 amide bonds. The minimum absolute atomic E-state index is 1.07. The van der Waals surface area contributed by atoms with Gasteiger partial charge in [-0.3, -0.25) is 4.98 Å². The van der Waals surface area contributed by atoms with E-state index in [1.807, 2.05) is 12.4 Å². The van der Waals surface area contributed by atoms with Gasteiger partial charge in [-0.25, -0.2) is 0 Å². The molecule has 9 aromatic rings. The number of anilines is 3. The first-order valence-corrected chi connectivity index (χ1v) is 14.6. The van der Waals surface area contributed by atoms with Gasteiger partial charge in [0.15, 0.2) is 0 Å². The van der Waals surface area contributed by atoms with Gasteiger partial charge in [-0.15, -0.1) is 0 Å². The lowest BCUT2D eigenvalue weighted by Crippen LogP contribution is -2.09. The SMILES string of the molecule is c1ccc(N(c2ccccc2)c2ccc(-n3c4cccc5ccc6c7ccccc7n(c7cnccc73)c6c54)cc2)cc1. The van der Waals surface area contributed by atoms with Crippen LogP contribution in [0.5, 0.6) is 0 Å². The number of hydrogen-bond donors (Lipinski definition) is 0. The van der Waals surface area contributed by atoms with E-state index in [0.29, 0.717) is 0 Å². The number of aromatic nitrogens is 3. The van der Waals surface area contributed by atoms with Gasteiger partial charge in [0.25, 0.3) is 0 Å². The molecule has 0 aliphatic carbocycles. The third-order valence-electron chi connectivity index (χ3n) is 8.55. The topological polar surface area (TPSA) is 25.5 Å². The third-order valence-corrected chi connectivity index (χ3v) is 8.55. The Morgan fingerprint density at radius 3 is 1.91 bits per heavy atom. The first-order chi connectivity index (χ1) is 21.4. The maximum atomic E-state index is 4.62. The molecule has 0 unspecified atom stereocenters. The molecule has 0 spiro atoms. The summed E-state index contributed by atoms with van der Waals surface area (Å²) in [5.41, 5.74) is 10.2. The molecule has 0 saturated carbocycles. The average Bonchev–Trinajstić information content (AvgIpc) is 3.35. The van der Waals surface area contributed by atoms with E-state index in [-0.39, 0.29) is 0 Å². The zero-order valence-corrected chi connectivity index (χ0v) is 23.3. The van der Waals surface area contributed by atoms with Crippen molar-refractivity contribution >= 4 is 66.2 Å². The van der Waals surface area contributed by atoms with E-state index in [9.17, 15) is 0 Å². The molecule has 4 heteroatoms. The van der Waals surface area contributed by atoms with Crippen LogP contribution in [0, 0.1) is 0 Å². The van der Waals surface area contributed by atoms with Crippen LogP contribution in [0.25, 0.3) is 54.8 Å². The summed E-state index contributed by atoms with van der Waals surface area (Å²) in [6.07, 6.45) is 3.89. The number of rotatable bonds is 4. The van der Waals surface area contributed by atoms with E-state index in [1.165, 1.54) is 32.6 Å². The van der Waals surface area contributed by atoms with Crippen LogP contribution in [-0.4, -0.2) is 14.0 Å². The van der Waals surface area contributed by atoms with Crippen LogP contribution in [0.15, 0.2) is 158 Å². The second-order valence-corrected chi connectivity index (χ2v) is 10.9. The van der Waals surface area contributed by atoms with Crippen LogP contribution >= 0.6 is 0 Å². The molecule has 0 aliphatic rings. The zero-order chi connectivity index (χ0) is 28.3. The van der Waals surface area contributed by atoms with Gasteiger partial charge in [-0.1, -0.05) is 78.9 Å². The van der Waals surface area contributed by atoms with Crippen molar-refractivity contribution in [1.29, 1.82) is 0 Å². The maximum absolute atomic E-state index is 4.62. The van der Waals surface area contributed by atoms with Gasteiger partial charge < -0.3 is 13.9 Å². The van der Waals surface area contributed by atoms with E-state index in [2.05, 4.69) is 164 Å². The number of benzene rings is 6. The lowest BCUT2D eigenvalue weighted by atomic mass is 10.0. The fraction of sp³-hybridized carbons (Fsp3) is 0. The summed E-state index contributed by atoms with van der Waals surface area (Å²) >= 11 is 0. The summed E-state index contributed by atoms with van der Waals surface area (Å²) in [6, 6.07) is 51.9. The van der Waals surface area contributed by atoms with E-state index in [4.69, 9.17) is 0 Å². The molecule has 3 aromatic heterocycles. The Balaban J connectivity index is 1.36. The van der Waals surface area contributed by atoms with Crippen molar-refractivity contribution in [1.82, 2.24) is 14.0 Å². The quantitative estimate of drug-likeness (QED) is 0.218. The smallest absolute Gasteiger partial charge is 0.0888 e. The fourth-order valence-corrected chi connectivity index (χ4v) is 6.74. The van der Waals surface area contributed by atoms with Gasteiger partial charge >= 0.3 is 0 Å². The molecule has 0 N–H and O–H groups in total. The Morgan fingerprint density at radius 2 is 1.14 bits per heavy atom. The van der Waals surface area contributed by atoms with E-state index >= 15 is 0 Å². The first-order valence-electron chi connectivity index (χ1n) is 14.6. The van der Waals surface area contributed by atoms with Crippen LogP contribution in [0.2, 0.25) is 0 Å². The molecule has 6 aromatic carbocycles. The highest BCUT2D eigenvalue weighted by atomic mass is 15.1. The highest BCUT2D eigenvalue weighted by molar-refractivity contribution is 6.23. The summed E-state index contributed by atoms with van der Waals surface area (Å²) in [5.74, 6) is 0. The molecule has 0 radical (unpaired) electrons. The second kappa shape index (κ2) is 9.33. The van der Waals surface area contributed by atoms with Crippen LogP contribution in [-0.2, 0) is 0 Å². The molecular formula is C39H26N4. The van der Waals surface area contributed by atoms with Crippen molar-refractivity contribution in [2.24, 2.45) is 0 Å². The van der Waals surface area contributed by atoms with Gasteiger partial charge in [-0.2, -0.15) is 0 Å².